The van der Waals surface area contributed by atoms with E-state index in [0.29, 0.717) is 0 Å². The quantitative estimate of drug-likeness (QED) is 0.914. The van der Waals surface area contributed by atoms with Crippen LogP contribution in [0.2, 0.25) is 0 Å². The van der Waals surface area contributed by atoms with Crippen molar-refractivity contribution in [3.8, 4) is 0 Å². The van der Waals surface area contributed by atoms with Gasteiger partial charge in [0.05, 0.1) is 6.10 Å². The first-order valence-corrected chi connectivity index (χ1v) is 7.99. The average Bonchev–Trinajstić information content (AvgIpc) is 2.50. The topological polar surface area (TPSA) is 26.7 Å². The highest BCUT2D eigenvalue weighted by Gasteiger charge is 2.27. The van der Waals surface area contributed by atoms with Crippen molar-refractivity contribution >= 4 is 0 Å². The zero-order valence-electron chi connectivity index (χ0n) is 12.2. The van der Waals surface area contributed by atoms with Crippen molar-refractivity contribution in [1.82, 2.24) is 9.80 Å². The smallest absolute Gasteiger partial charge is 0.0564 e. The Morgan fingerprint density at radius 3 is 2.20 bits per heavy atom. The Morgan fingerprint density at radius 2 is 1.55 bits per heavy atom. The molecule has 0 spiro atoms. The van der Waals surface area contributed by atoms with E-state index in [9.17, 15) is 5.11 Å². The van der Waals surface area contributed by atoms with Gasteiger partial charge < -0.3 is 10.0 Å². The molecule has 0 aliphatic carbocycles. The van der Waals surface area contributed by atoms with Crippen molar-refractivity contribution in [1.29, 1.82) is 0 Å². The van der Waals surface area contributed by atoms with Crippen LogP contribution in [0.3, 0.4) is 0 Å². The minimum absolute atomic E-state index is 0.0515. The monoisotopic (exact) mass is 274 g/mol. The van der Waals surface area contributed by atoms with Crippen LogP contribution in [0.1, 0.15) is 31.2 Å². The maximum absolute atomic E-state index is 9.60. The second-order valence-corrected chi connectivity index (χ2v) is 6.26. The standard InChI is InChI=1S/C17H26N2O/c20-17-8-12-19(13-9-17)16-6-10-18(11-7-16)14-15-4-2-1-3-5-15/h1-5,16-17,20H,6-14H2. The Morgan fingerprint density at radius 1 is 0.900 bits per heavy atom. The summed E-state index contributed by atoms with van der Waals surface area (Å²) in [5.74, 6) is 0. The normalized spacial score (nSPS) is 24.1. The fraction of sp³-hybridized carbons (Fsp3) is 0.647. The first-order chi connectivity index (χ1) is 9.81. The number of hydrogen-bond acceptors (Lipinski definition) is 3. The minimum atomic E-state index is -0.0515. The summed E-state index contributed by atoms with van der Waals surface area (Å²) in [5.41, 5.74) is 1.42. The molecule has 20 heavy (non-hydrogen) atoms. The molecule has 2 aliphatic rings. The van der Waals surface area contributed by atoms with Gasteiger partial charge in [0.25, 0.3) is 0 Å². The lowest BCUT2D eigenvalue weighted by Crippen LogP contribution is -2.48. The number of piperidine rings is 2. The number of nitrogens with zero attached hydrogens (tertiary/aromatic N) is 2. The molecule has 0 amide bonds. The Hall–Kier alpha value is -0.900. The highest BCUT2D eigenvalue weighted by molar-refractivity contribution is 5.14. The van der Waals surface area contributed by atoms with Gasteiger partial charge in [-0.05, 0) is 44.3 Å². The van der Waals surface area contributed by atoms with Crippen LogP contribution < -0.4 is 0 Å². The maximum Gasteiger partial charge on any atom is 0.0564 e. The lowest BCUT2D eigenvalue weighted by atomic mass is 9.98. The first kappa shape index (κ1) is 14.1. The zero-order valence-corrected chi connectivity index (χ0v) is 12.2. The van der Waals surface area contributed by atoms with Gasteiger partial charge in [-0.2, -0.15) is 0 Å². The van der Waals surface area contributed by atoms with E-state index in [1.165, 1.54) is 31.5 Å². The summed E-state index contributed by atoms with van der Waals surface area (Å²) in [4.78, 5) is 5.18. The van der Waals surface area contributed by atoms with Crippen LogP contribution in [0.15, 0.2) is 30.3 Å². The molecule has 0 radical (unpaired) electrons. The number of hydrogen-bond donors (Lipinski definition) is 1. The summed E-state index contributed by atoms with van der Waals surface area (Å²) in [6.07, 6.45) is 4.43. The van der Waals surface area contributed by atoms with Gasteiger partial charge >= 0.3 is 0 Å². The van der Waals surface area contributed by atoms with Crippen molar-refractivity contribution < 1.29 is 5.11 Å². The first-order valence-electron chi connectivity index (χ1n) is 7.99. The van der Waals surface area contributed by atoms with Crippen LogP contribution in [-0.4, -0.2) is 53.2 Å². The predicted octanol–water partition coefficient (Wildman–Crippen LogP) is 2.11. The van der Waals surface area contributed by atoms with Gasteiger partial charge in [0, 0.05) is 25.7 Å². The molecule has 110 valence electrons. The van der Waals surface area contributed by atoms with E-state index in [2.05, 4.69) is 40.1 Å². The highest BCUT2D eigenvalue weighted by Crippen LogP contribution is 2.22. The Bertz CT molecular complexity index is 393. The molecule has 0 bridgehead atoms. The van der Waals surface area contributed by atoms with Gasteiger partial charge in [-0.25, -0.2) is 0 Å². The molecule has 3 heteroatoms. The molecule has 2 aliphatic heterocycles. The number of benzene rings is 1. The maximum atomic E-state index is 9.60. The van der Waals surface area contributed by atoms with Crippen molar-refractivity contribution in [2.75, 3.05) is 26.2 Å². The molecule has 0 atom stereocenters. The fourth-order valence-corrected chi connectivity index (χ4v) is 3.54. The van der Waals surface area contributed by atoms with Crippen molar-refractivity contribution in [3.63, 3.8) is 0 Å². The summed E-state index contributed by atoms with van der Waals surface area (Å²) >= 11 is 0. The number of likely N-dealkylation sites (tertiary alicyclic amines) is 2. The molecular formula is C17H26N2O. The second-order valence-electron chi connectivity index (χ2n) is 6.26. The van der Waals surface area contributed by atoms with Gasteiger partial charge in [0.1, 0.15) is 0 Å². The largest absolute Gasteiger partial charge is 0.393 e. The van der Waals surface area contributed by atoms with E-state index in [1.54, 1.807) is 0 Å². The van der Waals surface area contributed by atoms with Crippen LogP contribution >= 0.6 is 0 Å². The molecule has 0 aromatic heterocycles. The van der Waals surface area contributed by atoms with Crippen LogP contribution in [-0.2, 0) is 6.54 Å². The average molecular weight is 274 g/mol. The third kappa shape index (κ3) is 3.60. The Kier molecular flexibility index (Phi) is 4.71. The molecule has 1 N–H and O–H groups in total. The lowest BCUT2D eigenvalue weighted by molar-refractivity contribution is 0.0375. The third-order valence-corrected chi connectivity index (χ3v) is 4.82. The number of aliphatic hydroxyl groups excluding tert-OH is 1. The minimum Gasteiger partial charge on any atom is -0.393 e. The van der Waals surface area contributed by atoms with Gasteiger partial charge in [-0.3, -0.25) is 4.90 Å². The second kappa shape index (κ2) is 6.70. The van der Waals surface area contributed by atoms with Crippen molar-refractivity contribution in [2.24, 2.45) is 0 Å². The molecule has 1 aromatic carbocycles. The molecule has 2 heterocycles. The van der Waals surface area contributed by atoms with Gasteiger partial charge in [0.15, 0.2) is 0 Å². The summed E-state index contributed by atoms with van der Waals surface area (Å²) in [7, 11) is 0. The van der Waals surface area contributed by atoms with Crippen LogP contribution in [0.25, 0.3) is 0 Å². The van der Waals surface area contributed by atoms with Gasteiger partial charge in [0.2, 0.25) is 0 Å². The summed E-state index contributed by atoms with van der Waals surface area (Å²) < 4.78 is 0. The molecule has 0 unspecified atom stereocenters. The highest BCUT2D eigenvalue weighted by atomic mass is 16.3. The molecule has 2 saturated heterocycles. The van der Waals surface area contributed by atoms with Gasteiger partial charge in [-0.1, -0.05) is 30.3 Å². The molecule has 3 rings (SSSR count). The summed E-state index contributed by atoms with van der Waals surface area (Å²) in [6.45, 7) is 5.68. The predicted molar refractivity (Wildman–Crippen MR) is 81.6 cm³/mol. The van der Waals surface area contributed by atoms with Crippen molar-refractivity contribution in [3.05, 3.63) is 35.9 Å². The SMILES string of the molecule is OC1CCN(C2CCN(Cc3ccccc3)CC2)CC1. The zero-order chi connectivity index (χ0) is 13.8. The number of rotatable bonds is 3. The van der Waals surface area contributed by atoms with Crippen molar-refractivity contribution in [2.45, 2.75) is 44.4 Å². The molecule has 2 fully saturated rings. The number of aliphatic hydroxyl groups is 1. The lowest BCUT2D eigenvalue weighted by Gasteiger charge is -2.41. The summed E-state index contributed by atoms with van der Waals surface area (Å²) in [5, 5.41) is 9.60. The fourth-order valence-electron chi connectivity index (χ4n) is 3.54. The Balaban J connectivity index is 1.45. The van der Waals surface area contributed by atoms with E-state index in [1.807, 2.05) is 0 Å². The van der Waals surface area contributed by atoms with Gasteiger partial charge in [-0.15, -0.1) is 0 Å². The third-order valence-electron chi connectivity index (χ3n) is 4.82. The molecule has 3 nitrogen and oxygen atoms in total. The molecule has 0 saturated carbocycles. The Labute approximate surface area is 122 Å². The van der Waals surface area contributed by atoms with Crippen LogP contribution in [0.4, 0.5) is 0 Å². The molecule has 1 aromatic rings. The van der Waals surface area contributed by atoms with E-state index >= 15 is 0 Å². The van der Waals surface area contributed by atoms with Crippen LogP contribution in [0.5, 0.6) is 0 Å². The molecular weight excluding hydrogens is 248 g/mol. The van der Waals surface area contributed by atoms with E-state index < -0.39 is 0 Å². The van der Waals surface area contributed by atoms with E-state index in [4.69, 9.17) is 0 Å². The summed E-state index contributed by atoms with van der Waals surface area (Å²) in [6, 6.07) is 11.5. The van der Waals surface area contributed by atoms with E-state index in [-0.39, 0.29) is 6.10 Å². The van der Waals surface area contributed by atoms with E-state index in [0.717, 1.165) is 38.5 Å². The van der Waals surface area contributed by atoms with Crippen LogP contribution in [0, 0.1) is 0 Å².